The largest absolute Gasteiger partial charge is 0.507 e. The van der Waals surface area contributed by atoms with Crippen molar-refractivity contribution in [1.82, 2.24) is 4.90 Å². The summed E-state index contributed by atoms with van der Waals surface area (Å²) in [5.41, 5.74) is 0.281. The molecule has 1 saturated heterocycles. The number of rotatable bonds is 3. The Morgan fingerprint density at radius 1 is 1.58 bits per heavy atom. The number of phenols is 1. The maximum atomic E-state index is 12.2. The zero-order chi connectivity index (χ0) is 13.8. The molecule has 19 heavy (non-hydrogen) atoms. The molecule has 1 unspecified atom stereocenters. The van der Waals surface area contributed by atoms with E-state index in [1.165, 1.54) is 6.07 Å². The SMILES string of the molecule is CN(CC1CCCOC1)C(=O)c1ccc(Cl)cc1O. The van der Waals surface area contributed by atoms with E-state index in [0.29, 0.717) is 24.1 Å². The van der Waals surface area contributed by atoms with Gasteiger partial charge in [0.25, 0.3) is 5.91 Å². The molecule has 0 aromatic heterocycles. The molecular weight excluding hydrogens is 266 g/mol. The minimum atomic E-state index is -0.195. The second kappa shape index (κ2) is 6.26. The first-order valence-electron chi connectivity index (χ1n) is 6.39. The second-order valence-electron chi connectivity index (χ2n) is 4.93. The third kappa shape index (κ3) is 3.61. The Hall–Kier alpha value is -1.26. The molecule has 104 valence electrons. The van der Waals surface area contributed by atoms with E-state index in [1.54, 1.807) is 24.1 Å². The highest BCUT2D eigenvalue weighted by Crippen LogP contribution is 2.23. The van der Waals surface area contributed by atoms with Gasteiger partial charge in [-0.05, 0) is 37.0 Å². The summed E-state index contributed by atoms with van der Waals surface area (Å²) in [6, 6.07) is 4.53. The van der Waals surface area contributed by atoms with E-state index in [1.807, 2.05) is 0 Å². The zero-order valence-corrected chi connectivity index (χ0v) is 11.7. The number of nitrogens with zero attached hydrogens (tertiary/aromatic N) is 1. The van der Waals surface area contributed by atoms with Crippen LogP contribution < -0.4 is 0 Å². The van der Waals surface area contributed by atoms with Crippen LogP contribution in [0.4, 0.5) is 0 Å². The molecule has 0 bridgehead atoms. The summed E-state index contributed by atoms with van der Waals surface area (Å²) in [6.07, 6.45) is 2.11. The summed E-state index contributed by atoms with van der Waals surface area (Å²) < 4.78 is 5.40. The smallest absolute Gasteiger partial charge is 0.257 e. The quantitative estimate of drug-likeness (QED) is 0.927. The summed E-state index contributed by atoms with van der Waals surface area (Å²) in [7, 11) is 1.74. The number of aromatic hydroxyl groups is 1. The van der Waals surface area contributed by atoms with Crippen LogP contribution in [0.25, 0.3) is 0 Å². The molecule has 1 fully saturated rings. The van der Waals surface area contributed by atoms with Gasteiger partial charge in [-0.15, -0.1) is 0 Å². The fourth-order valence-electron chi connectivity index (χ4n) is 2.31. The van der Waals surface area contributed by atoms with Crippen molar-refractivity contribution in [3.05, 3.63) is 28.8 Å². The molecule has 0 spiro atoms. The second-order valence-corrected chi connectivity index (χ2v) is 5.37. The summed E-state index contributed by atoms with van der Waals surface area (Å²) in [6.45, 7) is 2.15. The Bertz CT molecular complexity index is 458. The number of hydrogen-bond acceptors (Lipinski definition) is 3. The van der Waals surface area contributed by atoms with Crippen LogP contribution in [0, 0.1) is 5.92 Å². The predicted molar refractivity (Wildman–Crippen MR) is 73.6 cm³/mol. The lowest BCUT2D eigenvalue weighted by Crippen LogP contribution is -2.35. The summed E-state index contributed by atoms with van der Waals surface area (Å²) >= 11 is 5.76. The van der Waals surface area contributed by atoms with E-state index in [-0.39, 0.29) is 17.2 Å². The van der Waals surface area contributed by atoms with Crippen LogP contribution >= 0.6 is 11.6 Å². The zero-order valence-electron chi connectivity index (χ0n) is 10.9. The van der Waals surface area contributed by atoms with Gasteiger partial charge >= 0.3 is 0 Å². The van der Waals surface area contributed by atoms with Crippen molar-refractivity contribution in [3.8, 4) is 5.75 Å². The molecule has 2 rings (SSSR count). The fourth-order valence-corrected chi connectivity index (χ4v) is 2.48. The van der Waals surface area contributed by atoms with Gasteiger partial charge < -0.3 is 14.7 Å². The molecule has 1 heterocycles. The van der Waals surface area contributed by atoms with Crippen molar-refractivity contribution < 1.29 is 14.6 Å². The van der Waals surface area contributed by atoms with Gasteiger partial charge in [-0.1, -0.05) is 11.6 Å². The predicted octanol–water partition coefficient (Wildman–Crippen LogP) is 2.54. The lowest BCUT2D eigenvalue weighted by atomic mass is 10.0. The molecular formula is C14H18ClNO3. The standard InChI is InChI=1S/C14H18ClNO3/c1-16(8-10-3-2-6-19-9-10)14(18)12-5-4-11(15)7-13(12)17/h4-5,7,10,17H,2-3,6,8-9H2,1H3. The summed E-state index contributed by atoms with van der Waals surface area (Å²) in [4.78, 5) is 13.9. The number of amides is 1. The molecule has 1 aliphatic heterocycles. The average Bonchev–Trinajstić information content (AvgIpc) is 2.39. The number of phenolic OH excluding ortho intramolecular Hbond substituents is 1. The first-order valence-corrected chi connectivity index (χ1v) is 6.77. The molecule has 1 atom stereocenters. The third-order valence-electron chi connectivity index (χ3n) is 3.32. The Kier molecular flexibility index (Phi) is 4.66. The van der Waals surface area contributed by atoms with Crippen LogP contribution in [-0.4, -0.2) is 42.7 Å². The number of carbonyl (C=O) groups excluding carboxylic acids is 1. The summed E-state index contributed by atoms with van der Waals surface area (Å²) in [5.74, 6) is 0.0983. The molecule has 0 radical (unpaired) electrons. The molecule has 1 aliphatic rings. The van der Waals surface area contributed by atoms with Crippen molar-refractivity contribution in [2.75, 3.05) is 26.8 Å². The Labute approximate surface area is 117 Å². The fraction of sp³-hybridized carbons (Fsp3) is 0.500. The average molecular weight is 284 g/mol. The maximum Gasteiger partial charge on any atom is 0.257 e. The number of halogens is 1. The van der Waals surface area contributed by atoms with Gasteiger partial charge in [0, 0.05) is 25.2 Å². The van der Waals surface area contributed by atoms with E-state index >= 15 is 0 Å². The van der Waals surface area contributed by atoms with Crippen LogP contribution in [0.5, 0.6) is 5.75 Å². The number of hydrogen-bond donors (Lipinski definition) is 1. The van der Waals surface area contributed by atoms with Gasteiger partial charge in [-0.2, -0.15) is 0 Å². The molecule has 1 aromatic rings. The van der Waals surface area contributed by atoms with Gasteiger partial charge in [0.15, 0.2) is 0 Å². The normalized spacial score (nSPS) is 19.2. The molecule has 0 aliphatic carbocycles. The van der Waals surface area contributed by atoms with Crippen molar-refractivity contribution in [2.45, 2.75) is 12.8 Å². The highest BCUT2D eigenvalue weighted by Gasteiger charge is 2.21. The number of benzene rings is 1. The van der Waals surface area contributed by atoms with Gasteiger partial charge in [-0.3, -0.25) is 4.79 Å². The van der Waals surface area contributed by atoms with E-state index in [2.05, 4.69) is 0 Å². The Morgan fingerprint density at radius 2 is 2.37 bits per heavy atom. The topological polar surface area (TPSA) is 49.8 Å². The van der Waals surface area contributed by atoms with Gasteiger partial charge in [-0.25, -0.2) is 0 Å². The molecule has 1 N–H and O–H groups in total. The lowest BCUT2D eigenvalue weighted by molar-refractivity contribution is 0.0388. The molecule has 0 saturated carbocycles. The van der Waals surface area contributed by atoms with Gasteiger partial charge in [0.1, 0.15) is 5.75 Å². The highest BCUT2D eigenvalue weighted by atomic mass is 35.5. The van der Waals surface area contributed by atoms with Crippen molar-refractivity contribution in [3.63, 3.8) is 0 Å². The monoisotopic (exact) mass is 283 g/mol. The Balaban J connectivity index is 2.01. The van der Waals surface area contributed by atoms with Gasteiger partial charge in [0.2, 0.25) is 0 Å². The first-order chi connectivity index (χ1) is 9.08. The highest BCUT2D eigenvalue weighted by molar-refractivity contribution is 6.30. The minimum absolute atomic E-state index is 0.0794. The minimum Gasteiger partial charge on any atom is -0.507 e. The van der Waals surface area contributed by atoms with E-state index in [0.717, 1.165) is 19.4 Å². The van der Waals surface area contributed by atoms with Crippen molar-refractivity contribution in [1.29, 1.82) is 0 Å². The van der Waals surface area contributed by atoms with E-state index in [9.17, 15) is 9.90 Å². The lowest BCUT2D eigenvalue weighted by Gasteiger charge is -2.27. The van der Waals surface area contributed by atoms with Crippen molar-refractivity contribution >= 4 is 17.5 Å². The molecule has 5 heteroatoms. The molecule has 1 amide bonds. The molecule has 1 aromatic carbocycles. The number of ether oxygens (including phenoxy) is 1. The van der Waals surface area contributed by atoms with Crippen molar-refractivity contribution in [2.24, 2.45) is 5.92 Å². The number of carbonyl (C=O) groups is 1. The van der Waals surface area contributed by atoms with Crippen LogP contribution in [0.3, 0.4) is 0 Å². The maximum absolute atomic E-state index is 12.2. The van der Waals surface area contributed by atoms with Crippen LogP contribution in [0.15, 0.2) is 18.2 Å². The third-order valence-corrected chi connectivity index (χ3v) is 3.56. The first kappa shape index (κ1) is 14.2. The van der Waals surface area contributed by atoms with Crippen LogP contribution in [0.2, 0.25) is 5.02 Å². The summed E-state index contributed by atoms with van der Waals surface area (Å²) in [5, 5.41) is 10.2. The van der Waals surface area contributed by atoms with Gasteiger partial charge in [0.05, 0.1) is 12.2 Å². The Morgan fingerprint density at radius 3 is 3.00 bits per heavy atom. The van der Waals surface area contributed by atoms with Crippen LogP contribution in [-0.2, 0) is 4.74 Å². The van der Waals surface area contributed by atoms with Crippen LogP contribution in [0.1, 0.15) is 23.2 Å². The molecule has 4 nitrogen and oxygen atoms in total. The van der Waals surface area contributed by atoms with E-state index in [4.69, 9.17) is 16.3 Å². The van der Waals surface area contributed by atoms with E-state index < -0.39 is 0 Å².